The van der Waals surface area contributed by atoms with Gasteiger partial charge in [-0.15, -0.1) is 0 Å². The van der Waals surface area contributed by atoms with E-state index in [1.165, 1.54) is 17.4 Å². The van der Waals surface area contributed by atoms with Crippen LogP contribution in [0, 0.1) is 18.3 Å². The van der Waals surface area contributed by atoms with Crippen LogP contribution >= 0.6 is 24.0 Å². The summed E-state index contributed by atoms with van der Waals surface area (Å²) in [5.41, 5.74) is 2.30. The molecule has 1 aromatic carbocycles. The summed E-state index contributed by atoms with van der Waals surface area (Å²) in [6.07, 6.45) is 6.09. The van der Waals surface area contributed by atoms with Crippen LogP contribution in [0.4, 0.5) is 11.5 Å². The minimum absolute atomic E-state index is 0.0990. The summed E-state index contributed by atoms with van der Waals surface area (Å²) >= 11 is 6.84. The molecule has 194 valence electrons. The Morgan fingerprint density at radius 1 is 1.05 bits per heavy atom. The van der Waals surface area contributed by atoms with Crippen LogP contribution in [0.1, 0.15) is 49.3 Å². The molecule has 0 aliphatic carbocycles. The van der Waals surface area contributed by atoms with Gasteiger partial charge < -0.3 is 9.80 Å². The molecule has 1 amide bonds. The fourth-order valence-electron chi connectivity index (χ4n) is 4.93. The topological polar surface area (TPSA) is 72.6 Å². The molecule has 0 bridgehead atoms. The Morgan fingerprint density at radius 2 is 1.73 bits per heavy atom. The Labute approximate surface area is 228 Å². The quantitative estimate of drug-likeness (QED) is 0.276. The van der Waals surface area contributed by atoms with Gasteiger partial charge in [0.25, 0.3) is 11.5 Å². The van der Waals surface area contributed by atoms with Crippen LogP contribution in [0.15, 0.2) is 40.0 Å². The monoisotopic (exact) mass is 535 g/mol. The number of benzene rings is 1. The van der Waals surface area contributed by atoms with Gasteiger partial charge >= 0.3 is 0 Å². The van der Waals surface area contributed by atoms with Crippen LogP contribution < -0.4 is 15.4 Å². The lowest BCUT2D eigenvalue weighted by Gasteiger charge is -2.38. The molecule has 0 saturated carbocycles. The average molecular weight is 536 g/mol. The Bertz CT molecular complexity index is 1300. The molecular weight excluding hydrogens is 502 g/mol. The molecule has 2 aromatic rings. The Hall–Kier alpha value is -3.09. The molecular formula is C28H33N5O2S2. The number of para-hydroxylation sites is 1. The van der Waals surface area contributed by atoms with E-state index >= 15 is 0 Å². The molecule has 0 atom stereocenters. The number of aromatic nitrogens is 1. The minimum Gasteiger partial charge on any atom is -0.368 e. The summed E-state index contributed by atoms with van der Waals surface area (Å²) in [5, 5.41) is 9.74. The highest BCUT2D eigenvalue weighted by Crippen LogP contribution is 2.36. The first-order valence-corrected chi connectivity index (χ1v) is 14.0. The maximum Gasteiger partial charge on any atom is 0.270 e. The Balaban J connectivity index is 1.66. The van der Waals surface area contributed by atoms with Gasteiger partial charge in [0.2, 0.25) is 0 Å². The predicted molar refractivity (Wildman–Crippen MR) is 156 cm³/mol. The number of hydrogen-bond donors (Lipinski definition) is 0. The number of hydrogen-bond acceptors (Lipinski definition) is 7. The van der Waals surface area contributed by atoms with Crippen molar-refractivity contribution >= 4 is 51.8 Å². The van der Waals surface area contributed by atoms with Crippen molar-refractivity contribution in [1.29, 1.82) is 5.26 Å². The molecule has 3 heterocycles. The number of amides is 1. The first-order valence-electron chi connectivity index (χ1n) is 12.8. The molecule has 2 aliphatic heterocycles. The van der Waals surface area contributed by atoms with Crippen LogP contribution in [0.25, 0.3) is 6.08 Å². The van der Waals surface area contributed by atoms with Gasteiger partial charge in [0, 0.05) is 51.0 Å². The third kappa shape index (κ3) is 5.60. The van der Waals surface area contributed by atoms with E-state index in [-0.39, 0.29) is 17.0 Å². The molecule has 0 N–H and O–H groups in total. The summed E-state index contributed by atoms with van der Waals surface area (Å²) in [6.45, 7) is 7.60. The van der Waals surface area contributed by atoms with E-state index in [1.807, 2.05) is 24.3 Å². The van der Waals surface area contributed by atoms with Crippen LogP contribution in [0.3, 0.4) is 0 Å². The number of thiocarbonyl (C=S) groups is 1. The molecule has 0 radical (unpaired) electrons. The van der Waals surface area contributed by atoms with E-state index in [4.69, 9.17) is 12.2 Å². The van der Waals surface area contributed by atoms with Crippen molar-refractivity contribution in [3.63, 3.8) is 0 Å². The number of carbonyl (C=O) groups excluding carboxylic acids is 1. The second kappa shape index (κ2) is 12.0. The standard InChI is InChI=1S/C28H33N5O2S2/c1-4-5-6-10-13-33-27(35)24(37-28(33)36)18-22-20(2)23(19-29)26(34)30(3)25(22)32-16-14-31(15-17-32)21-11-8-7-9-12-21/h7-9,11-12,18H,4-6,10,13-17H2,1-3H3/b24-18-. The van der Waals surface area contributed by atoms with Gasteiger partial charge in [-0.25, -0.2) is 0 Å². The summed E-state index contributed by atoms with van der Waals surface area (Å²) in [5.74, 6) is 0.639. The van der Waals surface area contributed by atoms with Crippen molar-refractivity contribution in [2.75, 3.05) is 42.5 Å². The average Bonchev–Trinajstić information content (AvgIpc) is 3.18. The fraction of sp³-hybridized carbons (Fsp3) is 0.429. The lowest BCUT2D eigenvalue weighted by Crippen LogP contribution is -2.48. The van der Waals surface area contributed by atoms with Gasteiger partial charge in [0.15, 0.2) is 0 Å². The lowest BCUT2D eigenvalue weighted by atomic mass is 10.0. The van der Waals surface area contributed by atoms with Gasteiger partial charge in [-0.2, -0.15) is 5.26 Å². The third-order valence-corrected chi connectivity index (χ3v) is 8.43. The zero-order valence-electron chi connectivity index (χ0n) is 21.7. The van der Waals surface area contributed by atoms with Crippen LogP contribution in [0.2, 0.25) is 0 Å². The van der Waals surface area contributed by atoms with E-state index in [1.54, 1.807) is 23.4 Å². The summed E-state index contributed by atoms with van der Waals surface area (Å²) in [6, 6.07) is 12.4. The van der Waals surface area contributed by atoms with Crippen molar-refractivity contribution in [1.82, 2.24) is 9.47 Å². The number of thioether (sulfide) groups is 1. The fourth-order valence-corrected chi connectivity index (χ4v) is 6.22. The van der Waals surface area contributed by atoms with Crippen molar-refractivity contribution < 1.29 is 4.79 Å². The van der Waals surface area contributed by atoms with E-state index in [0.717, 1.165) is 50.2 Å². The molecule has 2 aliphatic rings. The zero-order valence-corrected chi connectivity index (χ0v) is 23.3. The number of unbranched alkanes of at least 4 members (excludes halogenated alkanes) is 3. The number of nitrogens with zero attached hydrogens (tertiary/aromatic N) is 5. The van der Waals surface area contributed by atoms with Crippen molar-refractivity contribution in [2.45, 2.75) is 39.5 Å². The number of rotatable bonds is 8. The highest BCUT2D eigenvalue weighted by molar-refractivity contribution is 8.26. The molecule has 9 heteroatoms. The second-order valence-electron chi connectivity index (χ2n) is 9.42. The number of carbonyl (C=O) groups is 1. The first-order chi connectivity index (χ1) is 17.9. The lowest BCUT2D eigenvalue weighted by molar-refractivity contribution is -0.122. The smallest absolute Gasteiger partial charge is 0.270 e. The first kappa shape index (κ1) is 27.0. The predicted octanol–water partition coefficient (Wildman–Crippen LogP) is 4.67. The summed E-state index contributed by atoms with van der Waals surface area (Å²) in [7, 11) is 1.71. The summed E-state index contributed by atoms with van der Waals surface area (Å²) < 4.78 is 2.12. The third-order valence-electron chi connectivity index (χ3n) is 7.05. The molecule has 0 spiro atoms. The van der Waals surface area contributed by atoms with E-state index in [0.29, 0.717) is 34.4 Å². The largest absolute Gasteiger partial charge is 0.368 e. The van der Waals surface area contributed by atoms with E-state index in [9.17, 15) is 14.9 Å². The van der Waals surface area contributed by atoms with Crippen molar-refractivity contribution in [2.24, 2.45) is 7.05 Å². The summed E-state index contributed by atoms with van der Waals surface area (Å²) in [4.78, 5) is 33.1. The normalized spacial score (nSPS) is 17.1. The van der Waals surface area contributed by atoms with Crippen LogP contribution in [-0.2, 0) is 11.8 Å². The van der Waals surface area contributed by atoms with Gasteiger partial charge in [-0.1, -0.05) is 68.4 Å². The highest BCUT2D eigenvalue weighted by atomic mass is 32.2. The van der Waals surface area contributed by atoms with E-state index < -0.39 is 0 Å². The second-order valence-corrected chi connectivity index (χ2v) is 11.1. The Kier molecular flexibility index (Phi) is 8.72. The van der Waals surface area contributed by atoms with Crippen molar-refractivity contribution in [3.05, 3.63) is 62.3 Å². The molecule has 1 aromatic heterocycles. The van der Waals surface area contributed by atoms with Gasteiger partial charge in [0.1, 0.15) is 21.8 Å². The van der Waals surface area contributed by atoms with Crippen molar-refractivity contribution in [3.8, 4) is 6.07 Å². The number of pyridine rings is 1. The highest BCUT2D eigenvalue weighted by Gasteiger charge is 2.33. The molecule has 0 unspecified atom stereocenters. The molecule has 2 saturated heterocycles. The molecule has 4 rings (SSSR count). The Morgan fingerprint density at radius 3 is 2.38 bits per heavy atom. The SMILES string of the molecule is CCCCCCN1C(=O)/C(=C/c2c(C)c(C#N)c(=O)n(C)c2N2CCN(c3ccccc3)CC2)SC1=S. The zero-order chi connectivity index (χ0) is 26.5. The van der Waals surface area contributed by atoms with Gasteiger partial charge in [0.05, 0.1) is 4.91 Å². The number of piperazine rings is 1. The van der Waals surface area contributed by atoms with E-state index in [2.05, 4.69) is 34.9 Å². The van der Waals surface area contributed by atoms with Crippen LogP contribution in [0.5, 0.6) is 0 Å². The molecule has 37 heavy (non-hydrogen) atoms. The minimum atomic E-state index is -0.318. The maximum absolute atomic E-state index is 13.3. The number of anilines is 2. The molecule has 7 nitrogen and oxygen atoms in total. The van der Waals surface area contributed by atoms with Gasteiger partial charge in [-0.3, -0.25) is 19.1 Å². The van der Waals surface area contributed by atoms with Crippen LogP contribution in [-0.4, -0.2) is 52.4 Å². The van der Waals surface area contributed by atoms with Gasteiger partial charge in [-0.05, 0) is 37.1 Å². The number of nitriles is 1. The molecule has 2 fully saturated rings. The maximum atomic E-state index is 13.3.